The third-order valence-electron chi connectivity index (χ3n) is 4.48. The lowest BCUT2D eigenvalue weighted by atomic mass is 9.80. The van der Waals surface area contributed by atoms with Crippen molar-refractivity contribution in [1.82, 2.24) is 10.3 Å². The number of carboxylic acids is 1. The van der Waals surface area contributed by atoms with Gasteiger partial charge in [-0.05, 0) is 19.8 Å². The van der Waals surface area contributed by atoms with Crippen molar-refractivity contribution in [3.05, 3.63) is 40.2 Å². The molecule has 1 fully saturated rings. The predicted molar refractivity (Wildman–Crippen MR) is 94.7 cm³/mol. The van der Waals surface area contributed by atoms with E-state index in [0.29, 0.717) is 36.6 Å². The highest BCUT2D eigenvalue weighted by Gasteiger charge is 2.40. The smallest absolute Gasteiger partial charge is 0.311 e. The van der Waals surface area contributed by atoms with Gasteiger partial charge in [0.05, 0.1) is 16.1 Å². The number of aromatic nitrogens is 1. The number of ether oxygens (including phenoxy) is 1. The first-order valence-corrected chi connectivity index (χ1v) is 8.96. The number of nitrogens with one attached hydrogen (secondary N) is 1. The fourth-order valence-corrected chi connectivity index (χ4v) is 3.79. The van der Waals surface area contributed by atoms with E-state index in [2.05, 4.69) is 10.3 Å². The van der Waals surface area contributed by atoms with E-state index in [1.54, 1.807) is 0 Å². The molecule has 1 amide bonds. The van der Waals surface area contributed by atoms with Crippen molar-refractivity contribution in [2.45, 2.75) is 19.8 Å². The molecule has 0 atom stereocenters. The number of hydrogen-bond donors (Lipinski definition) is 2. The van der Waals surface area contributed by atoms with E-state index in [4.69, 9.17) is 4.74 Å². The predicted octanol–water partition coefficient (Wildman–Crippen LogP) is 2.73. The van der Waals surface area contributed by atoms with Gasteiger partial charge in [0.1, 0.15) is 4.88 Å². The molecule has 1 aliphatic rings. The van der Waals surface area contributed by atoms with Gasteiger partial charge in [0.15, 0.2) is 0 Å². The molecule has 0 saturated carbocycles. The molecule has 1 aromatic heterocycles. The summed E-state index contributed by atoms with van der Waals surface area (Å²) in [6.07, 6.45) is 0.797. The van der Waals surface area contributed by atoms with Gasteiger partial charge < -0.3 is 15.2 Å². The second kappa shape index (κ2) is 7.33. The molecule has 0 radical (unpaired) electrons. The van der Waals surface area contributed by atoms with Crippen LogP contribution in [0.1, 0.15) is 27.5 Å². The van der Waals surface area contributed by atoms with Crippen LogP contribution >= 0.6 is 11.3 Å². The van der Waals surface area contributed by atoms with E-state index in [0.717, 1.165) is 10.6 Å². The Hall–Kier alpha value is -2.25. The molecule has 2 aromatic rings. The third-order valence-corrected chi connectivity index (χ3v) is 5.45. The van der Waals surface area contributed by atoms with Gasteiger partial charge in [-0.1, -0.05) is 30.3 Å². The molecule has 7 heteroatoms. The number of carbonyl (C=O) groups excluding carboxylic acids is 1. The molecule has 1 aromatic carbocycles. The average Bonchev–Trinajstić information content (AvgIpc) is 3.03. The molecule has 2 N–H and O–H groups in total. The molecule has 0 unspecified atom stereocenters. The van der Waals surface area contributed by atoms with Crippen molar-refractivity contribution in [3.63, 3.8) is 0 Å². The van der Waals surface area contributed by atoms with Crippen molar-refractivity contribution in [1.29, 1.82) is 0 Å². The largest absolute Gasteiger partial charge is 0.481 e. The minimum absolute atomic E-state index is 0.0930. The highest BCUT2D eigenvalue weighted by atomic mass is 32.1. The zero-order valence-electron chi connectivity index (χ0n) is 13.9. The zero-order valence-corrected chi connectivity index (χ0v) is 14.8. The van der Waals surface area contributed by atoms with E-state index in [1.165, 1.54) is 11.3 Å². The Labute approximate surface area is 149 Å². The van der Waals surface area contributed by atoms with Crippen molar-refractivity contribution >= 4 is 23.2 Å². The van der Waals surface area contributed by atoms with E-state index in [1.807, 2.05) is 37.3 Å². The topological polar surface area (TPSA) is 88.5 Å². The minimum atomic E-state index is -0.958. The number of hydrogen-bond acceptors (Lipinski definition) is 5. The van der Waals surface area contributed by atoms with Crippen molar-refractivity contribution in [2.75, 3.05) is 19.8 Å². The SMILES string of the molecule is Cc1nc(-c2ccccc2)c(C(=O)NCC2(C(=O)O)CCOCC2)s1. The number of rotatable bonds is 5. The maximum absolute atomic E-state index is 12.7. The first kappa shape index (κ1) is 17.6. The molecule has 3 rings (SSSR count). The second-order valence-electron chi connectivity index (χ2n) is 6.16. The van der Waals surface area contributed by atoms with Crippen LogP contribution in [0.3, 0.4) is 0 Å². The number of benzene rings is 1. The van der Waals surface area contributed by atoms with Gasteiger partial charge in [-0.25, -0.2) is 4.98 Å². The Morgan fingerprint density at radius 3 is 2.60 bits per heavy atom. The van der Waals surface area contributed by atoms with Crippen LogP contribution in [-0.4, -0.2) is 41.7 Å². The summed E-state index contributed by atoms with van der Waals surface area (Å²) in [5.41, 5.74) is 0.550. The van der Waals surface area contributed by atoms with E-state index >= 15 is 0 Å². The number of aliphatic carboxylic acids is 1. The van der Waals surface area contributed by atoms with Gasteiger partial charge in [-0.2, -0.15) is 0 Å². The van der Waals surface area contributed by atoms with Crippen LogP contribution in [0.4, 0.5) is 0 Å². The van der Waals surface area contributed by atoms with Crippen molar-refractivity contribution in [3.8, 4) is 11.3 Å². The van der Waals surface area contributed by atoms with E-state index < -0.39 is 11.4 Å². The molecule has 2 heterocycles. The Balaban J connectivity index is 1.79. The van der Waals surface area contributed by atoms with Crippen molar-refractivity contribution < 1.29 is 19.4 Å². The Morgan fingerprint density at radius 1 is 1.28 bits per heavy atom. The van der Waals surface area contributed by atoms with Gasteiger partial charge >= 0.3 is 5.97 Å². The van der Waals surface area contributed by atoms with Crippen molar-refractivity contribution in [2.24, 2.45) is 5.41 Å². The molecular weight excluding hydrogens is 340 g/mol. The quantitative estimate of drug-likeness (QED) is 0.856. The van der Waals surface area contributed by atoms with Gasteiger partial charge in [-0.15, -0.1) is 11.3 Å². The molecular formula is C18H20N2O4S. The van der Waals surface area contributed by atoms with Crippen LogP contribution in [0.15, 0.2) is 30.3 Å². The van der Waals surface area contributed by atoms with E-state index in [9.17, 15) is 14.7 Å². The number of thiazole rings is 1. The zero-order chi connectivity index (χ0) is 17.9. The van der Waals surface area contributed by atoms with Gasteiger partial charge in [0, 0.05) is 25.3 Å². The first-order chi connectivity index (χ1) is 12.0. The summed E-state index contributed by atoms with van der Waals surface area (Å²) in [5, 5.41) is 13.2. The molecule has 25 heavy (non-hydrogen) atoms. The van der Waals surface area contributed by atoms with Gasteiger partial charge in [0.25, 0.3) is 5.91 Å². The number of carboxylic acid groups (broad SMARTS) is 1. The molecule has 6 nitrogen and oxygen atoms in total. The lowest BCUT2D eigenvalue weighted by Crippen LogP contribution is -2.46. The number of aryl methyl sites for hydroxylation is 1. The highest BCUT2D eigenvalue weighted by molar-refractivity contribution is 7.14. The Bertz CT molecular complexity index is 767. The first-order valence-electron chi connectivity index (χ1n) is 8.14. The number of carbonyl (C=O) groups is 2. The summed E-state index contributed by atoms with van der Waals surface area (Å²) in [6, 6.07) is 9.51. The highest BCUT2D eigenvalue weighted by Crippen LogP contribution is 2.31. The summed E-state index contributed by atoms with van der Waals surface area (Å²) >= 11 is 1.32. The summed E-state index contributed by atoms with van der Waals surface area (Å²) in [5.74, 6) is -1.17. The standard InChI is InChI=1S/C18H20N2O4S/c1-12-20-14(13-5-3-2-4-6-13)15(25-12)16(21)19-11-18(17(22)23)7-9-24-10-8-18/h2-6H,7-11H2,1H3,(H,19,21)(H,22,23). The fourth-order valence-electron chi connectivity index (χ4n) is 2.93. The number of nitrogens with zero attached hydrogens (tertiary/aromatic N) is 1. The monoisotopic (exact) mass is 360 g/mol. The lowest BCUT2D eigenvalue weighted by molar-refractivity contribution is -0.154. The van der Waals surface area contributed by atoms with E-state index in [-0.39, 0.29) is 12.5 Å². The van der Waals surface area contributed by atoms with Crippen LogP contribution in [0, 0.1) is 12.3 Å². The Kier molecular flexibility index (Phi) is 5.15. The van der Waals surface area contributed by atoms with Crippen LogP contribution in [0.5, 0.6) is 0 Å². The molecule has 1 aliphatic heterocycles. The summed E-state index contributed by atoms with van der Waals surface area (Å²) in [6.45, 7) is 2.75. The summed E-state index contributed by atoms with van der Waals surface area (Å²) in [4.78, 5) is 29.4. The third kappa shape index (κ3) is 3.72. The molecule has 0 spiro atoms. The van der Waals surface area contributed by atoms with Crippen LogP contribution in [-0.2, 0) is 9.53 Å². The maximum atomic E-state index is 12.7. The molecule has 1 saturated heterocycles. The maximum Gasteiger partial charge on any atom is 0.311 e. The molecule has 132 valence electrons. The average molecular weight is 360 g/mol. The van der Waals surface area contributed by atoms with Gasteiger partial charge in [-0.3, -0.25) is 9.59 Å². The lowest BCUT2D eigenvalue weighted by Gasteiger charge is -2.33. The minimum Gasteiger partial charge on any atom is -0.481 e. The van der Waals surface area contributed by atoms with Gasteiger partial charge in [0.2, 0.25) is 0 Å². The fraction of sp³-hybridized carbons (Fsp3) is 0.389. The molecule has 0 aliphatic carbocycles. The normalized spacial score (nSPS) is 16.4. The van der Waals surface area contributed by atoms with Crippen LogP contribution in [0.25, 0.3) is 11.3 Å². The number of amides is 1. The second-order valence-corrected chi connectivity index (χ2v) is 7.36. The van der Waals surface area contributed by atoms with Crippen LogP contribution in [0.2, 0.25) is 0 Å². The van der Waals surface area contributed by atoms with Crippen LogP contribution < -0.4 is 5.32 Å². The molecule has 0 bridgehead atoms. The Morgan fingerprint density at radius 2 is 1.96 bits per heavy atom. The summed E-state index contributed by atoms with van der Waals surface area (Å²) in [7, 11) is 0. The summed E-state index contributed by atoms with van der Waals surface area (Å²) < 4.78 is 5.26.